The molecule has 0 amide bonds. The molecule has 4 aromatic rings. The van der Waals surface area contributed by atoms with Crippen molar-refractivity contribution in [1.29, 1.82) is 0 Å². The van der Waals surface area contributed by atoms with Crippen molar-refractivity contribution in [1.82, 2.24) is 19.9 Å². The number of nitrogens with zero attached hydrogens (tertiary/aromatic N) is 3. The molecule has 5 nitrogen and oxygen atoms in total. The van der Waals surface area contributed by atoms with Crippen LogP contribution in [0, 0.1) is 5.82 Å². The summed E-state index contributed by atoms with van der Waals surface area (Å²) in [7, 11) is 0. The summed E-state index contributed by atoms with van der Waals surface area (Å²) in [6.45, 7) is 0. The molecule has 0 spiro atoms. The van der Waals surface area contributed by atoms with E-state index in [9.17, 15) is 4.39 Å². The van der Waals surface area contributed by atoms with Crippen LogP contribution in [0.15, 0.2) is 55.0 Å². The third-order valence-corrected chi connectivity index (χ3v) is 5.98. The molecule has 1 saturated carbocycles. The van der Waals surface area contributed by atoms with Crippen LogP contribution >= 0.6 is 11.6 Å². The van der Waals surface area contributed by atoms with E-state index in [-0.39, 0.29) is 11.9 Å². The number of H-pyrrole nitrogens is 1. The van der Waals surface area contributed by atoms with Gasteiger partial charge in [0.25, 0.3) is 0 Å². The molecule has 1 aliphatic rings. The lowest BCUT2D eigenvalue weighted by molar-refractivity contribution is 0.408. The van der Waals surface area contributed by atoms with Crippen LogP contribution in [0.4, 0.5) is 10.2 Å². The normalized spacial score (nSPS) is 19.1. The second-order valence-electron chi connectivity index (χ2n) is 7.76. The topological polar surface area (TPSA) is 66.5 Å². The van der Waals surface area contributed by atoms with Crippen molar-refractivity contribution in [2.45, 2.75) is 37.6 Å². The molecule has 5 rings (SSSR count). The van der Waals surface area contributed by atoms with Gasteiger partial charge in [-0.15, -0.1) is 0 Å². The molecule has 2 atom stereocenters. The summed E-state index contributed by atoms with van der Waals surface area (Å²) >= 11 is 6.09. The first-order valence-electron chi connectivity index (χ1n) is 10.1. The molecule has 0 aliphatic heterocycles. The molecule has 30 heavy (non-hydrogen) atoms. The van der Waals surface area contributed by atoms with E-state index in [0.29, 0.717) is 22.4 Å². The number of anilines is 1. The van der Waals surface area contributed by atoms with Crippen molar-refractivity contribution in [2.75, 3.05) is 5.32 Å². The van der Waals surface area contributed by atoms with Gasteiger partial charge in [0.2, 0.25) is 0 Å². The van der Waals surface area contributed by atoms with Gasteiger partial charge in [-0.1, -0.05) is 48.4 Å². The number of halogens is 2. The minimum absolute atomic E-state index is 0.167. The molecule has 0 saturated heterocycles. The van der Waals surface area contributed by atoms with E-state index in [2.05, 4.69) is 49.5 Å². The number of nitrogens with one attached hydrogen (secondary N) is 2. The standard InChI is InChI=1S/C23H21ClFN5/c24-16-10-18-19(12-27-21(18)26-11-16)22-28-13-20(25)23(30-22)29-17-8-4-7-15(9-17)14-5-2-1-3-6-14/h1-3,5-6,10-13,15,17H,4,7-9H2,(H,26,27)(H,28,29,30)/t15?,17-/m1/s1. The number of rotatable bonds is 4. The molecule has 1 unspecified atom stereocenters. The Labute approximate surface area is 178 Å². The molecule has 3 aromatic heterocycles. The first-order valence-corrected chi connectivity index (χ1v) is 10.5. The zero-order valence-electron chi connectivity index (χ0n) is 16.3. The van der Waals surface area contributed by atoms with Crippen molar-refractivity contribution in [3.8, 4) is 11.4 Å². The minimum atomic E-state index is -0.448. The molecule has 0 bridgehead atoms. The summed E-state index contributed by atoms with van der Waals surface area (Å²) in [4.78, 5) is 16.1. The van der Waals surface area contributed by atoms with Gasteiger partial charge in [0.15, 0.2) is 17.5 Å². The highest BCUT2D eigenvalue weighted by Crippen LogP contribution is 2.34. The van der Waals surface area contributed by atoms with Crippen molar-refractivity contribution < 1.29 is 4.39 Å². The van der Waals surface area contributed by atoms with Gasteiger partial charge in [-0.3, -0.25) is 0 Å². The largest absolute Gasteiger partial charge is 0.365 e. The number of aromatic amines is 1. The fourth-order valence-electron chi connectivity index (χ4n) is 4.30. The zero-order valence-corrected chi connectivity index (χ0v) is 17.0. The number of pyridine rings is 1. The van der Waals surface area contributed by atoms with Gasteiger partial charge in [-0.2, -0.15) is 0 Å². The van der Waals surface area contributed by atoms with Crippen LogP contribution in [0.5, 0.6) is 0 Å². The lowest BCUT2D eigenvalue weighted by Gasteiger charge is -2.30. The van der Waals surface area contributed by atoms with Gasteiger partial charge in [-0.25, -0.2) is 19.3 Å². The van der Waals surface area contributed by atoms with E-state index in [4.69, 9.17) is 11.6 Å². The van der Waals surface area contributed by atoms with Crippen LogP contribution < -0.4 is 5.32 Å². The maximum absolute atomic E-state index is 14.5. The highest BCUT2D eigenvalue weighted by molar-refractivity contribution is 6.31. The average Bonchev–Trinajstić information content (AvgIpc) is 3.19. The monoisotopic (exact) mass is 421 g/mol. The predicted octanol–water partition coefficient (Wildman–Crippen LogP) is 5.95. The lowest BCUT2D eigenvalue weighted by Crippen LogP contribution is -2.27. The Hall–Kier alpha value is -2.99. The first kappa shape index (κ1) is 19.0. The smallest absolute Gasteiger partial charge is 0.183 e. The third kappa shape index (κ3) is 3.75. The maximum atomic E-state index is 14.5. The molecule has 1 aromatic carbocycles. The van der Waals surface area contributed by atoms with Gasteiger partial charge < -0.3 is 10.3 Å². The summed E-state index contributed by atoms with van der Waals surface area (Å²) in [5, 5.41) is 4.67. The Morgan fingerprint density at radius 2 is 1.97 bits per heavy atom. The van der Waals surface area contributed by atoms with E-state index in [0.717, 1.165) is 36.6 Å². The second kappa shape index (κ2) is 8.03. The highest BCUT2D eigenvalue weighted by atomic mass is 35.5. The van der Waals surface area contributed by atoms with E-state index in [1.807, 2.05) is 6.07 Å². The summed E-state index contributed by atoms with van der Waals surface area (Å²) in [6.07, 6.45) is 8.78. The van der Waals surface area contributed by atoms with E-state index < -0.39 is 5.82 Å². The summed E-state index contributed by atoms with van der Waals surface area (Å²) in [5.41, 5.74) is 2.78. The van der Waals surface area contributed by atoms with Crippen LogP contribution in [-0.4, -0.2) is 26.0 Å². The SMILES string of the molecule is Fc1cnc(-c2c[nH]c3ncc(Cl)cc23)nc1N[C@@H]1CCCC(c2ccccc2)C1. The Morgan fingerprint density at radius 1 is 1.10 bits per heavy atom. The van der Waals surface area contributed by atoms with Crippen LogP contribution in [0.3, 0.4) is 0 Å². The predicted molar refractivity (Wildman–Crippen MR) is 117 cm³/mol. The van der Waals surface area contributed by atoms with E-state index in [1.165, 1.54) is 11.8 Å². The van der Waals surface area contributed by atoms with Crippen molar-refractivity contribution in [3.63, 3.8) is 0 Å². The van der Waals surface area contributed by atoms with Gasteiger partial charge in [0, 0.05) is 29.4 Å². The maximum Gasteiger partial charge on any atom is 0.183 e. The van der Waals surface area contributed by atoms with E-state index >= 15 is 0 Å². The fraction of sp³-hybridized carbons (Fsp3) is 0.261. The van der Waals surface area contributed by atoms with Crippen molar-refractivity contribution >= 4 is 28.5 Å². The molecule has 1 aliphatic carbocycles. The number of hydrogen-bond donors (Lipinski definition) is 2. The molecule has 7 heteroatoms. The van der Waals surface area contributed by atoms with E-state index in [1.54, 1.807) is 18.5 Å². The van der Waals surface area contributed by atoms with Crippen LogP contribution in [0.1, 0.15) is 37.2 Å². The van der Waals surface area contributed by atoms with Gasteiger partial charge in [0.1, 0.15) is 5.65 Å². The molecular formula is C23H21ClFN5. The summed E-state index contributed by atoms with van der Waals surface area (Å²) in [5.74, 6) is 0.702. The summed E-state index contributed by atoms with van der Waals surface area (Å²) in [6, 6.07) is 12.5. The zero-order chi connectivity index (χ0) is 20.5. The van der Waals surface area contributed by atoms with Crippen molar-refractivity contribution in [2.24, 2.45) is 0 Å². The number of hydrogen-bond acceptors (Lipinski definition) is 4. The van der Waals surface area contributed by atoms with Gasteiger partial charge in [0.05, 0.1) is 11.2 Å². The highest BCUT2D eigenvalue weighted by Gasteiger charge is 2.24. The average molecular weight is 422 g/mol. The minimum Gasteiger partial charge on any atom is -0.365 e. The van der Waals surface area contributed by atoms with Gasteiger partial charge in [-0.05, 0) is 36.8 Å². The van der Waals surface area contributed by atoms with Crippen LogP contribution in [0.25, 0.3) is 22.4 Å². The van der Waals surface area contributed by atoms with Crippen LogP contribution in [-0.2, 0) is 0 Å². The first-order chi connectivity index (χ1) is 14.7. The molecular weight excluding hydrogens is 401 g/mol. The lowest BCUT2D eigenvalue weighted by atomic mass is 9.81. The molecule has 2 N–H and O–H groups in total. The molecule has 1 fully saturated rings. The van der Waals surface area contributed by atoms with Gasteiger partial charge >= 0.3 is 0 Å². The Bertz CT molecular complexity index is 1180. The fourth-order valence-corrected chi connectivity index (χ4v) is 4.46. The third-order valence-electron chi connectivity index (χ3n) is 5.77. The number of benzene rings is 1. The quantitative estimate of drug-likeness (QED) is 0.427. The Balaban J connectivity index is 1.40. The molecule has 0 radical (unpaired) electrons. The van der Waals surface area contributed by atoms with Crippen LogP contribution in [0.2, 0.25) is 5.02 Å². The van der Waals surface area contributed by atoms with Crippen molar-refractivity contribution in [3.05, 3.63) is 71.4 Å². The Morgan fingerprint density at radius 3 is 2.83 bits per heavy atom. The number of aromatic nitrogens is 4. The number of fused-ring (bicyclic) bond motifs is 1. The second-order valence-corrected chi connectivity index (χ2v) is 8.19. The molecule has 3 heterocycles. The summed E-state index contributed by atoms with van der Waals surface area (Å²) < 4.78 is 14.5. The Kier molecular flexibility index (Phi) is 5.09. The molecule has 152 valence electrons.